The fourth-order valence-electron chi connectivity index (χ4n) is 5.06. The zero-order chi connectivity index (χ0) is 25.5. The van der Waals surface area contributed by atoms with Crippen molar-refractivity contribution in [2.45, 2.75) is 26.1 Å². The average molecular weight is 492 g/mol. The van der Waals surface area contributed by atoms with Crippen molar-refractivity contribution in [2.75, 3.05) is 10.4 Å². The molecule has 1 unspecified atom stereocenters. The Morgan fingerprint density at radius 3 is 2.54 bits per heavy atom. The molecule has 1 aliphatic rings. The van der Waals surface area contributed by atoms with Gasteiger partial charge >= 0.3 is 5.97 Å². The number of amides is 1. The normalized spacial score (nSPS) is 15.0. The number of nitrogens with one attached hydrogen (secondary N) is 1. The van der Waals surface area contributed by atoms with Crippen LogP contribution in [0.5, 0.6) is 0 Å². The highest BCUT2D eigenvalue weighted by atomic mass is 16.7. The van der Waals surface area contributed by atoms with E-state index >= 15 is 0 Å². The summed E-state index contributed by atoms with van der Waals surface area (Å²) in [5, 5.41) is 7.23. The van der Waals surface area contributed by atoms with Crippen LogP contribution in [0.3, 0.4) is 0 Å². The Labute approximate surface area is 213 Å². The smallest absolute Gasteiger partial charge is 0.329 e. The molecule has 3 N–H and O–H groups in total. The Morgan fingerprint density at radius 1 is 0.973 bits per heavy atom. The van der Waals surface area contributed by atoms with Gasteiger partial charge in [-0.1, -0.05) is 54.6 Å². The summed E-state index contributed by atoms with van der Waals surface area (Å²) in [6.45, 7) is 2.20. The predicted octanol–water partition coefficient (Wildman–Crippen LogP) is 4.67. The molecule has 2 aromatic heterocycles. The highest BCUT2D eigenvalue weighted by Gasteiger charge is 2.39. The zero-order valence-corrected chi connectivity index (χ0v) is 20.2. The van der Waals surface area contributed by atoms with Crippen molar-refractivity contribution in [2.24, 2.45) is 5.73 Å². The molecular weight excluding hydrogens is 466 g/mol. The minimum Gasteiger partial charge on any atom is -0.341 e. The Kier molecular flexibility index (Phi) is 5.58. The standard InChI is InChI=1S/C29H25N5O3/c1-18(35)37-34-27-22-10-3-2-7-19(22)13-14-25(27)32-29(36)28(34)24-17-33(26-12-5-4-11-23(24)26)16-21-9-6-8-20(15-30)31-21/h2-14,17,28H,15-16,30H2,1H3,(H,32,36). The van der Waals surface area contributed by atoms with Gasteiger partial charge in [-0.3, -0.25) is 14.6 Å². The molecule has 1 aliphatic heterocycles. The summed E-state index contributed by atoms with van der Waals surface area (Å²) in [7, 11) is 0. The van der Waals surface area contributed by atoms with E-state index in [1.807, 2.05) is 85.1 Å². The zero-order valence-electron chi connectivity index (χ0n) is 20.2. The number of hydroxylamine groups is 1. The molecule has 0 spiro atoms. The van der Waals surface area contributed by atoms with Gasteiger partial charge in [-0.25, -0.2) is 0 Å². The van der Waals surface area contributed by atoms with E-state index in [0.29, 0.717) is 24.5 Å². The van der Waals surface area contributed by atoms with Gasteiger partial charge < -0.3 is 20.5 Å². The third kappa shape index (κ3) is 3.97. The Bertz CT molecular complexity index is 1680. The second kappa shape index (κ2) is 9.07. The second-order valence-electron chi connectivity index (χ2n) is 9.04. The SMILES string of the molecule is CC(=O)ON1c2c(ccc3ccccc23)NC(=O)C1c1cn(Cc2cccc(CN)n2)c2ccccc12. The van der Waals surface area contributed by atoms with E-state index in [2.05, 4.69) is 14.9 Å². The number of carbonyl (C=O) groups is 2. The number of nitrogens with zero attached hydrogens (tertiary/aromatic N) is 3. The van der Waals surface area contributed by atoms with E-state index in [0.717, 1.165) is 38.6 Å². The number of hydrogen-bond acceptors (Lipinski definition) is 6. The fraction of sp³-hybridized carbons (Fsp3) is 0.138. The summed E-state index contributed by atoms with van der Waals surface area (Å²) >= 11 is 0. The molecule has 0 radical (unpaired) electrons. The summed E-state index contributed by atoms with van der Waals surface area (Å²) < 4.78 is 2.06. The highest BCUT2D eigenvalue weighted by molar-refractivity contribution is 6.12. The molecule has 0 saturated heterocycles. The van der Waals surface area contributed by atoms with Gasteiger partial charge in [0.2, 0.25) is 0 Å². The average Bonchev–Trinajstić information content (AvgIpc) is 3.26. The van der Waals surface area contributed by atoms with Gasteiger partial charge in [0.25, 0.3) is 5.91 Å². The summed E-state index contributed by atoms with van der Waals surface area (Å²) in [5.41, 5.74) is 10.4. The highest BCUT2D eigenvalue weighted by Crippen LogP contribution is 2.44. The number of rotatable bonds is 5. The van der Waals surface area contributed by atoms with Crippen LogP contribution in [0, 0.1) is 0 Å². The molecule has 3 aromatic carbocycles. The van der Waals surface area contributed by atoms with Crippen molar-refractivity contribution in [3.63, 3.8) is 0 Å². The minimum atomic E-state index is -0.892. The fourth-order valence-corrected chi connectivity index (χ4v) is 5.06. The number of hydrogen-bond donors (Lipinski definition) is 2. The maximum absolute atomic E-state index is 13.6. The van der Waals surface area contributed by atoms with E-state index < -0.39 is 12.0 Å². The van der Waals surface area contributed by atoms with Crippen LogP contribution in [0.25, 0.3) is 21.7 Å². The summed E-state index contributed by atoms with van der Waals surface area (Å²) in [4.78, 5) is 36.3. The molecule has 8 heteroatoms. The van der Waals surface area contributed by atoms with Crippen molar-refractivity contribution in [3.8, 4) is 0 Å². The van der Waals surface area contributed by atoms with Crippen LogP contribution in [0.4, 0.5) is 11.4 Å². The lowest BCUT2D eigenvalue weighted by Gasteiger charge is -2.36. The van der Waals surface area contributed by atoms with Crippen LogP contribution in [-0.4, -0.2) is 21.4 Å². The molecule has 1 atom stereocenters. The number of carbonyl (C=O) groups excluding carboxylic acids is 2. The number of benzene rings is 3. The van der Waals surface area contributed by atoms with Crippen LogP contribution in [0.1, 0.15) is 29.9 Å². The molecule has 184 valence electrons. The number of fused-ring (bicyclic) bond motifs is 4. The van der Waals surface area contributed by atoms with Crippen molar-refractivity contribution in [1.29, 1.82) is 0 Å². The first-order chi connectivity index (χ1) is 18.0. The summed E-state index contributed by atoms with van der Waals surface area (Å²) in [6, 6.07) is 24.4. The maximum atomic E-state index is 13.6. The maximum Gasteiger partial charge on any atom is 0.329 e. The molecule has 0 aliphatic carbocycles. The van der Waals surface area contributed by atoms with Crippen molar-refractivity contribution < 1.29 is 14.4 Å². The van der Waals surface area contributed by atoms with Crippen molar-refractivity contribution >= 4 is 44.9 Å². The Hall–Kier alpha value is -4.69. The van der Waals surface area contributed by atoms with Gasteiger partial charge in [0.15, 0.2) is 6.04 Å². The Morgan fingerprint density at radius 2 is 1.73 bits per heavy atom. The molecule has 6 rings (SSSR count). The lowest BCUT2D eigenvalue weighted by molar-refractivity contribution is -0.144. The lowest BCUT2D eigenvalue weighted by Crippen LogP contribution is -2.42. The minimum absolute atomic E-state index is 0.282. The third-order valence-corrected chi connectivity index (χ3v) is 6.61. The monoisotopic (exact) mass is 491 g/mol. The lowest BCUT2D eigenvalue weighted by atomic mass is 9.99. The van der Waals surface area contributed by atoms with E-state index in [4.69, 9.17) is 10.6 Å². The van der Waals surface area contributed by atoms with Gasteiger partial charge in [-0.2, -0.15) is 5.06 Å². The summed E-state index contributed by atoms with van der Waals surface area (Å²) in [5.74, 6) is -0.791. The third-order valence-electron chi connectivity index (χ3n) is 6.61. The van der Waals surface area contributed by atoms with Gasteiger partial charge in [0.1, 0.15) is 5.69 Å². The van der Waals surface area contributed by atoms with E-state index in [1.54, 1.807) is 0 Å². The predicted molar refractivity (Wildman–Crippen MR) is 143 cm³/mol. The van der Waals surface area contributed by atoms with Crippen LogP contribution in [0.2, 0.25) is 0 Å². The largest absolute Gasteiger partial charge is 0.341 e. The first kappa shape index (κ1) is 22.8. The van der Waals surface area contributed by atoms with Crippen molar-refractivity contribution in [1.82, 2.24) is 9.55 Å². The van der Waals surface area contributed by atoms with Crippen LogP contribution in [0.15, 0.2) is 85.1 Å². The van der Waals surface area contributed by atoms with E-state index in [-0.39, 0.29) is 5.91 Å². The number of anilines is 2. The second-order valence-corrected chi connectivity index (χ2v) is 9.04. The first-order valence-corrected chi connectivity index (χ1v) is 12.1. The molecule has 1 amide bonds. The van der Waals surface area contributed by atoms with Crippen LogP contribution >= 0.6 is 0 Å². The number of nitrogens with two attached hydrogens (primary N) is 1. The quantitative estimate of drug-likeness (QED) is 0.370. The van der Waals surface area contributed by atoms with Crippen molar-refractivity contribution in [3.05, 3.63) is 102 Å². The van der Waals surface area contributed by atoms with E-state index in [9.17, 15) is 9.59 Å². The van der Waals surface area contributed by atoms with Gasteiger partial charge in [0, 0.05) is 41.5 Å². The number of aromatic nitrogens is 2. The Balaban J connectivity index is 1.52. The molecular formula is C29H25N5O3. The van der Waals surface area contributed by atoms with Gasteiger partial charge in [0.05, 0.1) is 23.6 Å². The first-order valence-electron chi connectivity index (χ1n) is 12.1. The van der Waals surface area contributed by atoms with Gasteiger partial charge in [-0.15, -0.1) is 0 Å². The molecule has 5 aromatic rings. The van der Waals surface area contributed by atoms with Crippen LogP contribution < -0.4 is 16.1 Å². The topological polar surface area (TPSA) is 102 Å². The number of pyridine rings is 1. The van der Waals surface area contributed by atoms with Gasteiger partial charge in [-0.05, 0) is 29.7 Å². The molecule has 8 nitrogen and oxygen atoms in total. The van der Waals surface area contributed by atoms with E-state index in [1.165, 1.54) is 12.0 Å². The molecule has 0 fully saturated rings. The molecule has 0 saturated carbocycles. The molecule has 3 heterocycles. The number of para-hydroxylation sites is 1. The summed E-state index contributed by atoms with van der Waals surface area (Å²) in [6.07, 6.45) is 1.94. The van der Waals surface area contributed by atoms with Crippen LogP contribution in [-0.2, 0) is 27.5 Å². The molecule has 0 bridgehead atoms. The molecule has 37 heavy (non-hydrogen) atoms.